The lowest BCUT2D eigenvalue weighted by Crippen LogP contribution is -2.43. The molecular formula is C22H26ClNO3. The van der Waals surface area contributed by atoms with Crippen molar-refractivity contribution in [2.24, 2.45) is 0 Å². The molecule has 0 spiro atoms. The van der Waals surface area contributed by atoms with Crippen LogP contribution in [0.5, 0.6) is 11.5 Å². The third-order valence-electron chi connectivity index (χ3n) is 5.51. The van der Waals surface area contributed by atoms with Crippen LogP contribution in [-0.4, -0.2) is 32.1 Å². The van der Waals surface area contributed by atoms with Gasteiger partial charge in [0.15, 0.2) is 0 Å². The number of carbonyl (C=O) groups excluding carboxylic acids is 1. The average Bonchev–Trinajstić information content (AvgIpc) is 3.19. The molecule has 144 valence electrons. The second-order valence-electron chi connectivity index (χ2n) is 7.14. The van der Waals surface area contributed by atoms with Crippen LogP contribution in [0.25, 0.3) is 0 Å². The second-order valence-corrected chi connectivity index (χ2v) is 7.57. The van der Waals surface area contributed by atoms with Gasteiger partial charge in [-0.2, -0.15) is 0 Å². The van der Waals surface area contributed by atoms with Crippen LogP contribution in [0.3, 0.4) is 0 Å². The van der Waals surface area contributed by atoms with Crippen molar-refractivity contribution in [2.75, 3.05) is 21.3 Å². The Morgan fingerprint density at radius 2 is 1.74 bits per heavy atom. The Hall–Kier alpha value is -2.20. The van der Waals surface area contributed by atoms with Crippen molar-refractivity contribution in [1.29, 1.82) is 0 Å². The Morgan fingerprint density at radius 1 is 1.07 bits per heavy atom. The lowest BCUT2D eigenvalue weighted by atomic mass is 9.77. The highest BCUT2D eigenvalue weighted by atomic mass is 35.5. The first-order chi connectivity index (χ1) is 13.0. The highest BCUT2D eigenvalue weighted by Gasteiger charge is 2.44. The molecule has 0 radical (unpaired) electrons. The van der Waals surface area contributed by atoms with Crippen molar-refractivity contribution in [3.8, 4) is 11.5 Å². The lowest BCUT2D eigenvalue weighted by Gasteiger charge is -2.33. The fourth-order valence-electron chi connectivity index (χ4n) is 4.05. The van der Waals surface area contributed by atoms with Gasteiger partial charge in [0.1, 0.15) is 11.5 Å². The molecule has 0 heterocycles. The van der Waals surface area contributed by atoms with Crippen LogP contribution in [0, 0.1) is 0 Å². The summed E-state index contributed by atoms with van der Waals surface area (Å²) in [4.78, 5) is 15.3. The molecule has 1 aliphatic carbocycles. The van der Waals surface area contributed by atoms with E-state index in [1.54, 1.807) is 14.2 Å². The number of nitrogens with zero attached hydrogens (tertiary/aromatic N) is 1. The minimum Gasteiger partial charge on any atom is -0.497 e. The first kappa shape index (κ1) is 19.6. The van der Waals surface area contributed by atoms with Crippen molar-refractivity contribution in [1.82, 2.24) is 4.90 Å². The van der Waals surface area contributed by atoms with Crippen molar-refractivity contribution in [2.45, 2.75) is 37.6 Å². The number of likely N-dealkylation sites (N-methyl/N-ethyl adjacent to an activating group) is 1. The highest BCUT2D eigenvalue weighted by Crippen LogP contribution is 2.43. The molecule has 0 atom stereocenters. The summed E-state index contributed by atoms with van der Waals surface area (Å²) in [6.45, 7) is 0.487. The van der Waals surface area contributed by atoms with Crippen LogP contribution >= 0.6 is 11.6 Å². The van der Waals surface area contributed by atoms with E-state index in [4.69, 9.17) is 21.1 Å². The third-order valence-corrected chi connectivity index (χ3v) is 5.76. The molecule has 0 unspecified atom stereocenters. The summed E-state index contributed by atoms with van der Waals surface area (Å²) < 4.78 is 10.7. The first-order valence-electron chi connectivity index (χ1n) is 9.22. The van der Waals surface area contributed by atoms with Crippen LogP contribution in [0.1, 0.15) is 36.8 Å². The molecule has 0 N–H and O–H groups in total. The minimum atomic E-state index is -0.459. The number of ether oxygens (including phenoxy) is 2. The number of halogens is 1. The first-order valence-corrected chi connectivity index (χ1v) is 9.60. The Bertz CT molecular complexity index is 798. The standard InChI is InChI=1S/C22H26ClNO3/c1-24(15-16-6-11-19(26-2)14-20(16)27-3)21(25)22(12-4-5-13-22)17-7-9-18(23)10-8-17/h6-11,14H,4-5,12-13,15H2,1-3H3. The van der Waals surface area contributed by atoms with Gasteiger partial charge in [-0.1, -0.05) is 36.6 Å². The van der Waals surface area contributed by atoms with Crippen LogP contribution < -0.4 is 9.47 Å². The van der Waals surface area contributed by atoms with E-state index in [9.17, 15) is 4.79 Å². The number of benzene rings is 2. The largest absolute Gasteiger partial charge is 0.497 e. The summed E-state index contributed by atoms with van der Waals surface area (Å²) in [5.41, 5.74) is 1.56. The zero-order valence-corrected chi connectivity index (χ0v) is 16.9. The van der Waals surface area contributed by atoms with Crippen molar-refractivity contribution >= 4 is 17.5 Å². The van der Waals surface area contributed by atoms with E-state index in [2.05, 4.69) is 0 Å². The summed E-state index contributed by atoms with van der Waals surface area (Å²) in [7, 11) is 5.12. The van der Waals surface area contributed by atoms with Gasteiger partial charge < -0.3 is 14.4 Å². The predicted molar refractivity (Wildman–Crippen MR) is 108 cm³/mol. The topological polar surface area (TPSA) is 38.8 Å². The maximum absolute atomic E-state index is 13.5. The van der Waals surface area contributed by atoms with Crippen molar-refractivity contribution in [3.05, 3.63) is 58.6 Å². The molecule has 3 rings (SSSR count). The number of methoxy groups -OCH3 is 2. The van der Waals surface area contributed by atoms with Gasteiger partial charge in [-0.25, -0.2) is 0 Å². The zero-order chi connectivity index (χ0) is 19.4. The second kappa shape index (κ2) is 8.22. The summed E-state index contributed by atoms with van der Waals surface area (Å²) in [5.74, 6) is 1.61. The quantitative estimate of drug-likeness (QED) is 0.712. The highest BCUT2D eigenvalue weighted by molar-refractivity contribution is 6.30. The monoisotopic (exact) mass is 387 g/mol. The minimum absolute atomic E-state index is 0.153. The molecule has 5 heteroatoms. The normalized spacial score (nSPS) is 15.4. The zero-order valence-electron chi connectivity index (χ0n) is 16.1. The van der Waals surface area contributed by atoms with Gasteiger partial charge in [0.2, 0.25) is 5.91 Å². The molecule has 1 saturated carbocycles. The molecule has 27 heavy (non-hydrogen) atoms. The lowest BCUT2D eigenvalue weighted by molar-refractivity contribution is -0.136. The molecule has 2 aromatic carbocycles. The van der Waals surface area contributed by atoms with E-state index in [-0.39, 0.29) is 5.91 Å². The van der Waals surface area contributed by atoms with Crippen LogP contribution in [-0.2, 0) is 16.8 Å². The van der Waals surface area contributed by atoms with Gasteiger partial charge in [-0.3, -0.25) is 4.79 Å². The molecule has 0 saturated heterocycles. The summed E-state index contributed by atoms with van der Waals surface area (Å²) in [6, 6.07) is 13.4. The van der Waals surface area contributed by atoms with Gasteiger partial charge in [0.05, 0.1) is 19.6 Å². The molecule has 0 aromatic heterocycles. The number of hydrogen-bond donors (Lipinski definition) is 0. The van der Waals surface area contributed by atoms with Crippen LogP contribution in [0.4, 0.5) is 0 Å². The van der Waals surface area contributed by atoms with Crippen molar-refractivity contribution in [3.63, 3.8) is 0 Å². The molecule has 0 aliphatic heterocycles. The molecule has 1 amide bonds. The van der Waals surface area contributed by atoms with Crippen LogP contribution in [0.2, 0.25) is 5.02 Å². The fraction of sp³-hybridized carbons (Fsp3) is 0.409. The van der Waals surface area contributed by atoms with Gasteiger partial charge in [0.25, 0.3) is 0 Å². The predicted octanol–water partition coefficient (Wildman–Crippen LogP) is 4.83. The van der Waals surface area contributed by atoms with E-state index >= 15 is 0 Å². The Morgan fingerprint density at radius 3 is 2.33 bits per heavy atom. The molecule has 4 nitrogen and oxygen atoms in total. The number of amides is 1. The maximum Gasteiger partial charge on any atom is 0.233 e. The SMILES string of the molecule is COc1ccc(CN(C)C(=O)C2(c3ccc(Cl)cc3)CCCC2)c(OC)c1. The van der Waals surface area contributed by atoms with E-state index in [0.717, 1.165) is 48.3 Å². The van der Waals surface area contributed by atoms with Gasteiger partial charge in [-0.05, 0) is 42.7 Å². The summed E-state index contributed by atoms with van der Waals surface area (Å²) in [5, 5.41) is 0.690. The molecule has 2 aromatic rings. The number of carbonyl (C=O) groups is 1. The maximum atomic E-state index is 13.5. The Kier molecular flexibility index (Phi) is 5.95. The Balaban J connectivity index is 1.86. The Labute approximate surface area is 166 Å². The smallest absolute Gasteiger partial charge is 0.233 e. The molecule has 1 fully saturated rings. The van der Waals surface area contributed by atoms with Crippen LogP contribution in [0.15, 0.2) is 42.5 Å². The third kappa shape index (κ3) is 3.91. The van der Waals surface area contributed by atoms with E-state index in [1.165, 1.54) is 0 Å². The molecule has 0 bridgehead atoms. The average molecular weight is 388 g/mol. The van der Waals surface area contributed by atoms with Gasteiger partial charge in [-0.15, -0.1) is 0 Å². The number of rotatable bonds is 6. The van der Waals surface area contributed by atoms with Crippen molar-refractivity contribution < 1.29 is 14.3 Å². The number of hydrogen-bond acceptors (Lipinski definition) is 3. The van der Waals surface area contributed by atoms with Gasteiger partial charge >= 0.3 is 0 Å². The van der Waals surface area contributed by atoms with Gasteiger partial charge in [0, 0.05) is 30.2 Å². The molecule has 1 aliphatic rings. The summed E-state index contributed by atoms with van der Waals surface area (Å²) in [6.07, 6.45) is 3.87. The fourth-order valence-corrected chi connectivity index (χ4v) is 4.17. The van der Waals surface area contributed by atoms with E-state index in [1.807, 2.05) is 54.4 Å². The molecular weight excluding hydrogens is 362 g/mol. The summed E-state index contributed by atoms with van der Waals surface area (Å²) >= 11 is 6.05. The van der Waals surface area contributed by atoms with E-state index < -0.39 is 5.41 Å². The van der Waals surface area contributed by atoms with E-state index in [0.29, 0.717) is 11.6 Å².